The molecule has 1 amide bonds. The minimum absolute atomic E-state index is 0.0468. The van der Waals surface area contributed by atoms with Gasteiger partial charge in [-0.15, -0.1) is 0 Å². The molecule has 2 atom stereocenters. The lowest BCUT2D eigenvalue weighted by Crippen LogP contribution is -2.57. The quantitative estimate of drug-likeness (QED) is 0.503. The number of morpholine rings is 1. The van der Waals surface area contributed by atoms with Gasteiger partial charge in [-0.2, -0.15) is 5.10 Å². The number of rotatable bonds is 7. The third kappa shape index (κ3) is 5.82. The van der Waals surface area contributed by atoms with Gasteiger partial charge in [-0.1, -0.05) is 23.7 Å². The van der Waals surface area contributed by atoms with Crippen molar-refractivity contribution in [3.63, 3.8) is 0 Å². The molecule has 192 valence electrons. The monoisotopic (exact) mass is 510 g/mol. The van der Waals surface area contributed by atoms with E-state index in [1.54, 1.807) is 0 Å². The zero-order valence-electron chi connectivity index (χ0n) is 21.0. The first-order chi connectivity index (χ1) is 17.5. The molecule has 1 saturated carbocycles. The van der Waals surface area contributed by atoms with Gasteiger partial charge >= 0.3 is 0 Å². The summed E-state index contributed by atoms with van der Waals surface area (Å²) < 4.78 is 8.24. The Bertz CT molecular complexity index is 1120. The Labute approximate surface area is 217 Å². The standard InChI is InChI=1S/C27H35ClN6O2/c1-18-11-25(32-33(18)2)20-5-9-22(10-6-20)34-15-24(13-30-27(35)26-14-29-17-31-26)36-16-23(34)12-19-3-7-21(28)8-4-19/h3-4,7-8,11,14,17,20,22-24H,5-6,9-10,12-13,15-16H2,1-2H3,(H,29,31)(H,30,35). The number of aromatic nitrogens is 4. The van der Waals surface area contributed by atoms with Gasteiger partial charge in [0.05, 0.1) is 30.9 Å². The SMILES string of the molecule is Cc1cc(C2CCC(N3CC(CNC(=O)c4cnc[nH]4)OCC3Cc3ccc(Cl)cc3)CC2)nn1C. The summed E-state index contributed by atoms with van der Waals surface area (Å²) in [4.78, 5) is 21.8. The van der Waals surface area contributed by atoms with Gasteiger partial charge in [0.25, 0.3) is 5.91 Å². The van der Waals surface area contributed by atoms with Crippen molar-refractivity contribution < 1.29 is 9.53 Å². The van der Waals surface area contributed by atoms with Crippen molar-refractivity contribution in [2.45, 2.75) is 63.1 Å². The van der Waals surface area contributed by atoms with Crippen molar-refractivity contribution in [2.75, 3.05) is 19.7 Å². The van der Waals surface area contributed by atoms with Gasteiger partial charge in [-0.05, 0) is 62.8 Å². The number of carbonyl (C=O) groups is 1. The summed E-state index contributed by atoms with van der Waals surface area (Å²) >= 11 is 6.11. The van der Waals surface area contributed by atoms with E-state index in [0.717, 1.165) is 43.7 Å². The zero-order chi connectivity index (χ0) is 25.1. The van der Waals surface area contributed by atoms with Crippen LogP contribution in [0.2, 0.25) is 5.02 Å². The predicted octanol–water partition coefficient (Wildman–Crippen LogP) is 3.87. The number of nitrogens with one attached hydrogen (secondary N) is 2. The molecule has 1 aromatic carbocycles. The van der Waals surface area contributed by atoms with Crippen LogP contribution in [0.4, 0.5) is 0 Å². The van der Waals surface area contributed by atoms with Crippen molar-refractivity contribution in [1.82, 2.24) is 30.0 Å². The average molecular weight is 511 g/mol. The molecule has 2 aromatic heterocycles. The van der Waals surface area contributed by atoms with Gasteiger partial charge in [0.15, 0.2) is 0 Å². The molecular weight excluding hydrogens is 476 g/mol. The molecule has 0 bridgehead atoms. The van der Waals surface area contributed by atoms with Gasteiger partial charge in [-0.3, -0.25) is 14.4 Å². The highest BCUT2D eigenvalue weighted by molar-refractivity contribution is 6.30. The zero-order valence-corrected chi connectivity index (χ0v) is 21.7. The summed E-state index contributed by atoms with van der Waals surface area (Å²) in [6.07, 6.45) is 8.50. The number of ether oxygens (including phenoxy) is 1. The second-order valence-electron chi connectivity index (χ2n) is 10.2. The van der Waals surface area contributed by atoms with Crippen LogP contribution in [-0.2, 0) is 18.2 Å². The molecule has 2 N–H and O–H groups in total. The van der Waals surface area contributed by atoms with Gasteiger partial charge in [-0.25, -0.2) is 4.98 Å². The first-order valence-corrected chi connectivity index (χ1v) is 13.2. The molecule has 2 aliphatic rings. The Morgan fingerprint density at radius 2 is 2.00 bits per heavy atom. The first-order valence-electron chi connectivity index (χ1n) is 12.8. The average Bonchev–Trinajstić information content (AvgIpc) is 3.55. The second-order valence-corrected chi connectivity index (χ2v) is 10.6. The van der Waals surface area contributed by atoms with Crippen LogP contribution in [0, 0.1) is 6.92 Å². The van der Waals surface area contributed by atoms with Gasteiger partial charge < -0.3 is 15.0 Å². The molecule has 8 nitrogen and oxygen atoms in total. The number of imidazole rings is 1. The highest BCUT2D eigenvalue weighted by Gasteiger charge is 2.36. The molecule has 1 saturated heterocycles. The Kier molecular flexibility index (Phi) is 7.74. The maximum Gasteiger partial charge on any atom is 0.269 e. The van der Waals surface area contributed by atoms with Crippen molar-refractivity contribution in [3.8, 4) is 0 Å². The molecule has 1 aliphatic heterocycles. The molecule has 5 rings (SSSR count). The summed E-state index contributed by atoms with van der Waals surface area (Å²) in [5.41, 5.74) is 4.17. The molecule has 3 heterocycles. The lowest BCUT2D eigenvalue weighted by molar-refractivity contribution is -0.0822. The largest absolute Gasteiger partial charge is 0.373 e. The van der Waals surface area contributed by atoms with E-state index in [9.17, 15) is 4.79 Å². The van der Waals surface area contributed by atoms with E-state index < -0.39 is 0 Å². The van der Waals surface area contributed by atoms with Crippen molar-refractivity contribution >= 4 is 17.5 Å². The number of carbonyl (C=O) groups excluding carboxylic acids is 1. The maximum absolute atomic E-state index is 12.4. The van der Waals surface area contributed by atoms with Gasteiger partial charge in [0, 0.05) is 48.9 Å². The minimum Gasteiger partial charge on any atom is -0.373 e. The number of H-pyrrole nitrogens is 1. The van der Waals surface area contributed by atoms with E-state index in [2.05, 4.69) is 45.3 Å². The smallest absolute Gasteiger partial charge is 0.269 e. The predicted molar refractivity (Wildman–Crippen MR) is 139 cm³/mol. The van der Waals surface area contributed by atoms with Gasteiger partial charge in [0.1, 0.15) is 5.69 Å². The van der Waals surface area contributed by atoms with Crippen LogP contribution in [0.1, 0.15) is 59.0 Å². The summed E-state index contributed by atoms with van der Waals surface area (Å²) in [5.74, 6) is 0.374. The molecule has 3 aromatic rings. The first kappa shape index (κ1) is 25.0. The van der Waals surface area contributed by atoms with Crippen LogP contribution >= 0.6 is 11.6 Å². The number of hydrogen-bond donors (Lipinski definition) is 2. The second kappa shape index (κ2) is 11.2. The Balaban J connectivity index is 1.24. The Hall–Kier alpha value is -2.68. The van der Waals surface area contributed by atoms with E-state index in [0.29, 0.717) is 36.8 Å². The van der Waals surface area contributed by atoms with Crippen LogP contribution in [0.25, 0.3) is 0 Å². The number of halogens is 1. The molecule has 9 heteroatoms. The normalized spacial score (nSPS) is 25.1. The fourth-order valence-electron chi connectivity index (χ4n) is 5.59. The molecule has 36 heavy (non-hydrogen) atoms. The highest BCUT2D eigenvalue weighted by Crippen LogP contribution is 2.36. The van der Waals surface area contributed by atoms with Crippen LogP contribution in [-0.4, -0.2) is 68.4 Å². The van der Waals surface area contributed by atoms with E-state index in [1.807, 2.05) is 23.9 Å². The van der Waals surface area contributed by atoms with E-state index in [4.69, 9.17) is 21.4 Å². The van der Waals surface area contributed by atoms with E-state index in [-0.39, 0.29) is 12.0 Å². The van der Waals surface area contributed by atoms with Crippen LogP contribution in [0.5, 0.6) is 0 Å². The summed E-state index contributed by atoms with van der Waals surface area (Å²) in [7, 11) is 2.02. The molecule has 2 unspecified atom stereocenters. The summed E-state index contributed by atoms with van der Waals surface area (Å²) in [5, 5.41) is 8.50. The number of hydrogen-bond acceptors (Lipinski definition) is 5. The van der Waals surface area contributed by atoms with Crippen LogP contribution in [0.3, 0.4) is 0 Å². The minimum atomic E-state index is -0.155. The van der Waals surface area contributed by atoms with Crippen molar-refractivity contribution in [1.29, 1.82) is 0 Å². The fourth-order valence-corrected chi connectivity index (χ4v) is 5.72. The van der Waals surface area contributed by atoms with Crippen molar-refractivity contribution in [3.05, 3.63) is 70.5 Å². The fraction of sp³-hybridized carbons (Fsp3) is 0.519. The lowest BCUT2D eigenvalue weighted by Gasteiger charge is -2.46. The number of aromatic amines is 1. The molecule has 0 spiro atoms. The molecular formula is C27H35ClN6O2. The molecule has 2 fully saturated rings. The summed E-state index contributed by atoms with van der Waals surface area (Å²) in [6.45, 7) is 4.04. The number of nitrogens with zero attached hydrogens (tertiary/aromatic N) is 4. The third-order valence-corrected chi connectivity index (χ3v) is 7.99. The van der Waals surface area contributed by atoms with Crippen LogP contribution in [0.15, 0.2) is 42.9 Å². The number of aryl methyl sites for hydroxylation is 2. The van der Waals surface area contributed by atoms with Gasteiger partial charge in [0.2, 0.25) is 0 Å². The van der Waals surface area contributed by atoms with Crippen molar-refractivity contribution in [2.24, 2.45) is 7.05 Å². The third-order valence-electron chi connectivity index (χ3n) is 7.74. The van der Waals surface area contributed by atoms with E-state index >= 15 is 0 Å². The molecule has 1 aliphatic carbocycles. The Morgan fingerprint density at radius 1 is 1.22 bits per heavy atom. The highest BCUT2D eigenvalue weighted by atomic mass is 35.5. The topological polar surface area (TPSA) is 88.1 Å². The Morgan fingerprint density at radius 3 is 2.67 bits per heavy atom. The lowest BCUT2D eigenvalue weighted by atomic mass is 9.82. The number of benzene rings is 1. The maximum atomic E-state index is 12.4. The van der Waals surface area contributed by atoms with E-state index in [1.165, 1.54) is 29.5 Å². The molecule has 0 radical (unpaired) electrons. The van der Waals surface area contributed by atoms with Crippen LogP contribution < -0.4 is 5.32 Å². The summed E-state index contributed by atoms with van der Waals surface area (Å²) in [6, 6.07) is 11.2. The number of amides is 1.